The van der Waals surface area contributed by atoms with Crippen LogP contribution in [-0.2, 0) is 11.2 Å². The molecule has 0 N–H and O–H groups in total. The number of nitrogens with zero attached hydrogens (tertiary/aromatic N) is 1. The maximum Gasteiger partial charge on any atom is 0.360 e. The van der Waals surface area contributed by atoms with Gasteiger partial charge < -0.3 is 14.0 Å². The fraction of sp³-hybridized carbons (Fsp3) is 0.286. The van der Waals surface area contributed by atoms with Crippen LogP contribution < -0.4 is 4.74 Å². The summed E-state index contributed by atoms with van der Waals surface area (Å²) in [6.45, 7) is 2.06. The summed E-state index contributed by atoms with van der Waals surface area (Å²) in [5.41, 5.74) is 1.16. The first-order valence-electron chi connectivity index (χ1n) is 5.99. The molecule has 0 fully saturated rings. The lowest BCUT2D eigenvalue weighted by molar-refractivity contribution is 0.0514. The van der Waals surface area contributed by atoms with Crippen LogP contribution in [0.15, 0.2) is 34.9 Å². The molecule has 0 spiro atoms. The van der Waals surface area contributed by atoms with Crippen molar-refractivity contribution < 1.29 is 18.8 Å². The molecule has 2 rings (SSSR count). The minimum Gasteiger partial charge on any atom is -0.496 e. The van der Waals surface area contributed by atoms with Crippen LogP contribution in [0.3, 0.4) is 0 Å². The highest BCUT2D eigenvalue weighted by Crippen LogP contribution is 2.21. The number of hydrogen-bond donors (Lipinski definition) is 0. The average Bonchev–Trinajstić information content (AvgIpc) is 2.88. The molecule has 0 aliphatic heterocycles. The van der Waals surface area contributed by atoms with Crippen LogP contribution in [0.5, 0.6) is 5.75 Å². The smallest absolute Gasteiger partial charge is 0.360 e. The second-order valence-corrected chi connectivity index (χ2v) is 3.89. The van der Waals surface area contributed by atoms with E-state index < -0.39 is 5.97 Å². The fourth-order valence-corrected chi connectivity index (χ4v) is 1.73. The van der Waals surface area contributed by atoms with Gasteiger partial charge in [0.2, 0.25) is 0 Å². The number of esters is 1. The van der Waals surface area contributed by atoms with Crippen molar-refractivity contribution >= 4 is 5.97 Å². The predicted octanol–water partition coefficient (Wildman–Crippen LogP) is 2.45. The number of benzene rings is 1. The molecule has 0 unspecified atom stereocenters. The zero-order valence-electron chi connectivity index (χ0n) is 10.9. The summed E-state index contributed by atoms with van der Waals surface area (Å²) in [5, 5.41) is 3.70. The summed E-state index contributed by atoms with van der Waals surface area (Å²) in [6, 6.07) is 9.21. The molecule has 0 amide bonds. The number of carbonyl (C=O) groups excluding carboxylic acids is 1. The van der Waals surface area contributed by atoms with Gasteiger partial charge in [-0.3, -0.25) is 0 Å². The van der Waals surface area contributed by atoms with Crippen molar-refractivity contribution in [3.05, 3.63) is 47.3 Å². The molecule has 100 valence electrons. The summed E-state index contributed by atoms with van der Waals surface area (Å²) in [5.74, 6) is 0.890. The van der Waals surface area contributed by atoms with E-state index in [4.69, 9.17) is 14.0 Å². The van der Waals surface area contributed by atoms with E-state index in [9.17, 15) is 4.79 Å². The topological polar surface area (TPSA) is 61.6 Å². The highest BCUT2D eigenvalue weighted by atomic mass is 16.5. The van der Waals surface area contributed by atoms with Crippen molar-refractivity contribution in [1.29, 1.82) is 0 Å². The molecule has 19 heavy (non-hydrogen) atoms. The van der Waals surface area contributed by atoms with Gasteiger partial charge in [-0.05, 0) is 13.0 Å². The minimum absolute atomic E-state index is 0.187. The van der Waals surface area contributed by atoms with Gasteiger partial charge in [0.25, 0.3) is 0 Å². The molecule has 0 aliphatic carbocycles. The first-order valence-corrected chi connectivity index (χ1v) is 5.99. The summed E-state index contributed by atoms with van der Waals surface area (Å²) >= 11 is 0. The first kappa shape index (κ1) is 13.1. The van der Waals surface area contributed by atoms with Crippen molar-refractivity contribution in [2.45, 2.75) is 13.3 Å². The Labute approximate surface area is 111 Å². The van der Waals surface area contributed by atoms with Gasteiger partial charge in [0, 0.05) is 18.1 Å². The SMILES string of the molecule is CCOC(=O)c1cc(Cc2ccccc2OC)on1. The van der Waals surface area contributed by atoms with Gasteiger partial charge in [-0.2, -0.15) is 0 Å². The molecule has 0 saturated carbocycles. The average molecular weight is 261 g/mol. The van der Waals surface area contributed by atoms with Gasteiger partial charge in [-0.25, -0.2) is 4.79 Å². The Hall–Kier alpha value is -2.30. The van der Waals surface area contributed by atoms with Crippen molar-refractivity contribution in [1.82, 2.24) is 5.16 Å². The van der Waals surface area contributed by atoms with Gasteiger partial charge in [0.1, 0.15) is 11.5 Å². The van der Waals surface area contributed by atoms with Gasteiger partial charge in [0.05, 0.1) is 13.7 Å². The van der Waals surface area contributed by atoms with E-state index in [1.807, 2.05) is 24.3 Å². The Morgan fingerprint density at radius 1 is 1.37 bits per heavy atom. The summed E-state index contributed by atoms with van der Waals surface area (Å²) < 4.78 is 15.2. The minimum atomic E-state index is -0.475. The number of methoxy groups -OCH3 is 1. The highest BCUT2D eigenvalue weighted by molar-refractivity contribution is 5.87. The molecular weight excluding hydrogens is 246 g/mol. The monoisotopic (exact) mass is 261 g/mol. The van der Waals surface area contributed by atoms with E-state index in [-0.39, 0.29) is 5.69 Å². The summed E-state index contributed by atoms with van der Waals surface area (Å²) in [4.78, 5) is 11.5. The Morgan fingerprint density at radius 2 is 2.16 bits per heavy atom. The van der Waals surface area contributed by atoms with Crippen molar-refractivity contribution in [3.8, 4) is 5.75 Å². The van der Waals surface area contributed by atoms with Crippen LogP contribution in [0.2, 0.25) is 0 Å². The zero-order valence-corrected chi connectivity index (χ0v) is 10.9. The van der Waals surface area contributed by atoms with Crippen molar-refractivity contribution in [3.63, 3.8) is 0 Å². The Balaban J connectivity index is 2.13. The van der Waals surface area contributed by atoms with Crippen LogP contribution in [0.1, 0.15) is 28.7 Å². The lowest BCUT2D eigenvalue weighted by atomic mass is 10.1. The molecule has 1 aromatic heterocycles. The lowest BCUT2D eigenvalue weighted by Crippen LogP contribution is -2.04. The third-order valence-electron chi connectivity index (χ3n) is 2.60. The molecule has 1 heterocycles. The van der Waals surface area contributed by atoms with E-state index in [0.29, 0.717) is 18.8 Å². The Bertz CT molecular complexity index is 562. The molecular formula is C14H15NO4. The summed E-state index contributed by atoms with van der Waals surface area (Å²) in [6.07, 6.45) is 0.510. The number of aromatic nitrogens is 1. The molecule has 5 heteroatoms. The van der Waals surface area contributed by atoms with E-state index in [1.165, 1.54) is 0 Å². The predicted molar refractivity (Wildman–Crippen MR) is 68.3 cm³/mol. The van der Waals surface area contributed by atoms with E-state index in [2.05, 4.69) is 5.16 Å². The standard InChI is InChI=1S/C14H15NO4/c1-3-18-14(16)12-9-11(19-15-12)8-10-6-4-5-7-13(10)17-2/h4-7,9H,3,8H2,1-2H3. The maximum atomic E-state index is 11.5. The van der Waals surface area contributed by atoms with Crippen LogP contribution >= 0.6 is 0 Å². The quantitative estimate of drug-likeness (QED) is 0.774. The Morgan fingerprint density at radius 3 is 2.89 bits per heavy atom. The maximum absolute atomic E-state index is 11.5. The fourth-order valence-electron chi connectivity index (χ4n) is 1.73. The third-order valence-corrected chi connectivity index (χ3v) is 2.60. The molecule has 5 nitrogen and oxygen atoms in total. The van der Waals surface area contributed by atoms with Gasteiger partial charge in [-0.15, -0.1) is 0 Å². The second kappa shape index (κ2) is 6.04. The molecule has 0 radical (unpaired) electrons. The van der Waals surface area contributed by atoms with E-state index in [0.717, 1.165) is 11.3 Å². The number of carbonyl (C=O) groups is 1. The lowest BCUT2D eigenvalue weighted by Gasteiger charge is -2.05. The van der Waals surface area contributed by atoms with Crippen LogP contribution in [0.4, 0.5) is 0 Å². The van der Waals surface area contributed by atoms with Gasteiger partial charge in [-0.1, -0.05) is 23.4 Å². The molecule has 1 aromatic carbocycles. The Kier molecular flexibility index (Phi) is 4.18. The largest absolute Gasteiger partial charge is 0.496 e. The first-order chi connectivity index (χ1) is 9.24. The van der Waals surface area contributed by atoms with E-state index in [1.54, 1.807) is 20.1 Å². The second-order valence-electron chi connectivity index (χ2n) is 3.89. The van der Waals surface area contributed by atoms with Crippen molar-refractivity contribution in [2.75, 3.05) is 13.7 Å². The zero-order chi connectivity index (χ0) is 13.7. The van der Waals surface area contributed by atoms with Crippen LogP contribution in [-0.4, -0.2) is 24.8 Å². The third kappa shape index (κ3) is 3.13. The van der Waals surface area contributed by atoms with Crippen molar-refractivity contribution in [2.24, 2.45) is 0 Å². The van der Waals surface area contributed by atoms with Gasteiger partial charge >= 0.3 is 5.97 Å². The van der Waals surface area contributed by atoms with Crippen LogP contribution in [0, 0.1) is 0 Å². The molecule has 0 atom stereocenters. The number of ether oxygens (including phenoxy) is 2. The summed E-state index contributed by atoms with van der Waals surface area (Å²) in [7, 11) is 1.61. The number of hydrogen-bond acceptors (Lipinski definition) is 5. The normalized spacial score (nSPS) is 10.2. The molecule has 0 saturated heterocycles. The molecule has 2 aromatic rings. The highest BCUT2D eigenvalue weighted by Gasteiger charge is 2.14. The van der Waals surface area contributed by atoms with E-state index >= 15 is 0 Å². The number of rotatable bonds is 5. The van der Waals surface area contributed by atoms with Crippen LogP contribution in [0.25, 0.3) is 0 Å². The number of para-hydroxylation sites is 1. The molecule has 0 bridgehead atoms. The molecule has 0 aliphatic rings. The van der Waals surface area contributed by atoms with Gasteiger partial charge in [0.15, 0.2) is 5.69 Å².